The maximum Gasteiger partial charge on any atom is 0.303 e. The van der Waals surface area contributed by atoms with Gasteiger partial charge in [-0.1, -0.05) is 13.8 Å². The van der Waals surface area contributed by atoms with Gasteiger partial charge in [0.25, 0.3) is 0 Å². The number of hydrogen-bond acceptors (Lipinski definition) is 3. The van der Waals surface area contributed by atoms with Crippen molar-refractivity contribution >= 4 is 18.2 Å². The summed E-state index contributed by atoms with van der Waals surface area (Å²) in [4.78, 5) is 32.0. The lowest BCUT2D eigenvalue weighted by atomic mass is 10.1. The van der Waals surface area contributed by atoms with Gasteiger partial charge in [-0.3, -0.25) is 9.59 Å². The molecule has 0 heterocycles. The van der Waals surface area contributed by atoms with E-state index in [9.17, 15) is 14.4 Å². The molecule has 5 heteroatoms. The van der Waals surface area contributed by atoms with Gasteiger partial charge in [0.05, 0.1) is 6.04 Å². The molecule has 0 saturated carbocycles. The molecule has 0 aliphatic heterocycles. The molecule has 0 spiro atoms. The number of carbonyl (C=O) groups excluding carboxylic acids is 2. The van der Waals surface area contributed by atoms with Gasteiger partial charge in [-0.15, -0.1) is 0 Å². The third kappa shape index (κ3) is 6.65. The second-order valence-corrected chi connectivity index (χ2v) is 3.72. The molecule has 0 saturated heterocycles. The van der Waals surface area contributed by atoms with E-state index in [0.29, 0.717) is 12.7 Å². The van der Waals surface area contributed by atoms with Gasteiger partial charge < -0.3 is 15.2 Å². The fourth-order valence-corrected chi connectivity index (χ4v) is 1.02. The van der Waals surface area contributed by atoms with Crippen LogP contribution in [0, 0.1) is 5.92 Å². The van der Waals surface area contributed by atoms with E-state index in [0.717, 1.165) is 0 Å². The van der Waals surface area contributed by atoms with Crippen LogP contribution in [-0.2, 0) is 14.4 Å². The molecule has 86 valence electrons. The first-order valence-corrected chi connectivity index (χ1v) is 4.93. The van der Waals surface area contributed by atoms with E-state index in [1.807, 2.05) is 13.8 Å². The molecule has 1 atom stereocenters. The summed E-state index contributed by atoms with van der Waals surface area (Å²) in [7, 11) is 0. The van der Waals surface area contributed by atoms with Crippen LogP contribution in [0.5, 0.6) is 0 Å². The number of nitrogens with one attached hydrogen (secondary N) is 1. The summed E-state index contributed by atoms with van der Waals surface area (Å²) in [6.45, 7) is 3.66. The molecule has 0 aliphatic carbocycles. The zero-order chi connectivity index (χ0) is 11.8. The van der Waals surface area contributed by atoms with Crippen LogP contribution in [0.4, 0.5) is 0 Å². The standard InChI is InChI=1S/C10H17NO4/c1-7(2)8(6-12)11-9(13)4-3-5-10(14)15/h6-8H,3-5H2,1-2H3,(H,11,13)(H,14,15). The van der Waals surface area contributed by atoms with Crippen molar-refractivity contribution < 1.29 is 19.5 Å². The summed E-state index contributed by atoms with van der Waals surface area (Å²) in [5.41, 5.74) is 0. The number of carboxylic acids is 1. The minimum absolute atomic E-state index is 0.0269. The second-order valence-electron chi connectivity index (χ2n) is 3.72. The van der Waals surface area contributed by atoms with Gasteiger partial charge in [0.1, 0.15) is 6.29 Å². The maximum atomic E-state index is 11.2. The molecule has 0 bridgehead atoms. The highest BCUT2D eigenvalue weighted by Crippen LogP contribution is 2.00. The van der Waals surface area contributed by atoms with Crippen LogP contribution in [-0.4, -0.2) is 29.3 Å². The van der Waals surface area contributed by atoms with Crippen LogP contribution in [0.3, 0.4) is 0 Å². The van der Waals surface area contributed by atoms with Crippen molar-refractivity contribution in [3.63, 3.8) is 0 Å². The Balaban J connectivity index is 3.81. The molecule has 0 radical (unpaired) electrons. The smallest absolute Gasteiger partial charge is 0.303 e. The first-order chi connectivity index (χ1) is 6.97. The van der Waals surface area contributed by atoms with Crippen molar-refractivity contribution in [3.05, 3.63) is 0 Å². The molecule has 0 rings (SSSR count). The van der Waals surface area contributed by atoms with Crippen molar-refractivity contribution in [2.24, 2.45) is 5.92 Å². The lowest BCUT2D eigenvalue weighted by Gasteiger charge is -2.15. The molecule has 0 aromatic carbocycles. The third-order valence-corrected chi connectivity index (χ3v) is 1.99. The van der Waals surface area contributed by atoms with Gasteiger partial charge >= 0.3 is 5.97 Å². The molecular formula is C10H17NO4. The number of amides is 1. The number of aldehydes is 1. The van der Waals surface area contributed by atoms with E-state index in [-0.39, 0.29) is 24.7 Å². The number of rotatable bonds is 7. The van der Waals surface area contributed by atoms with Crippen LogP contribution >= 0.6 is 0 Å². The zero-order valence-electron chi connectivity index (χ0n) is 9.03. The topological polar surface area (TPSA) is 83.5 Å². The number of carbonyl (C=O) groups is 3. The van der Waals surface area contributed by atoms with Gasteiger partial charge in [0, 0.05) is 12.8 Å². The van der Waals surface area contributed by atoms with Crippen LogP contribution in [0.1, 0.15) is 33.1 Å². The maximum absolute atomic E-state index is 11.2. The van der Waals surface area contributed by atoms with E-state index < -0.39 is 12.0 Å². The van der Waals surface area contributed by atoms with E-state index in [1.54, 1.807) is 0 Å². The first-order valence-electron chi connectivity index (χ1n) is 4.93. The summed E-state index contributed by atoms with van der Waals surface area (Å²) in [5, 5.41) is 10.9. The monoisotopic (exact) mass is 215 g/mol. The van der Waals surface area contributed by atoms with Crippen molar-refractivity contribution in [1.82, 2.24) is 5.32 Å². The van der Waals surface area contributed by atoms with E-state index in [4.69, 9.17) is 5.11 Å². The highest BCUT2D eigenvalue weighted by atomic mass is 16.4. The van der Waals surface area contributed by atoms with Crippen LogP contribution in [0.15, 0.2) is 0 Å². The largest absolute Gasteiger partial charge is 0.481 e. The minimum atomic E-state index is -0.918. The van der Waals surface area contributed by atoms with Crippen LogP contribution in [0.25, 0.3) is 0 Å². The quantitative estimate of drug-likeness (QED) is 0.608. The van der Waals surface area contributed by atoms with E-state index in [1.165, 1.54) is 0 Å². The molecule has 0 aromatic heterocycles. The van der Waals surface area contributed by atoms with Crippen LogP contribution < -0.4 is 5.32 Å². The number of aliphatic carboxylic acids is 1. The fourth-order valence-electron chi connectivity index (χ4n) is 1.02. The minimum Gasteiger partial charge on any atom is -0.481 e. The van der Waals surface area contributed by atoms with Crippen molar-refractivity contribution in [2.75, 3.05) is 0 Å². The second kappa shape index (κ2) is 6.98. The molecule has 15 heavy (non-hydrogen) atoms. The SMILES string of the molecule is CC(C)C(C=O)NC(=O)CCCC(=O)O. The highest BCUT2D eigenvalue weighted by Gasteiger charge is 2.14. The molecule has 0 fully saturated rings. The predicted octanol–water partition coefficient (Wildman–Crippen LogP) is 0.581. The lowest BCUT2D eigenvalue weighted by molar-refractivity contribution is -0.137. The van der Waals surface area contributed by atoms with Crippen molar-refractivity contribution in [2.45, 2.75) is 39.2 Å². The average molecular weight is 215 g/mol. The third-order valence-electron chi connectivity index (χ3n) is 1.99. The number of carboxylic acid groups (broad SMARTS) is 1. The Bertz CT molecular complexity index is 238. The first kappa shape index (κ1) is 13.6. The molecule has 0 aliphatic rings. The Labute approximate surface area is 88.9 Å². The van der Waals surface area contributed by atoms with Crippen molar-refractivity contribution in [3.8, 4) is 0 Å². The van der Waals surface area contributed by atoms with Crippen molar-refractivity contribution in [1.29, 1.82) is 0 Å². The Morgan fingerprint density at radius 2 is 1.93 bits per heavy atom. The molecule has 1 unspecified atom stereocenters. The van der Waals surface area contributed by atoms with Gasteiger partial charge in [-0.2, -0.15) is 0 Å². The molecule has 2 N–H and O–H groups in total. The summed E-state index contributed by atoms with van der Waals surface area (Å²) < 4.78 is 0. The normalized spacial score (nSPS) is 12.2. The highest BCUT2D eigenvalue weighted by molar-refractivity contribution is 5.80. The summed E-state index contributed by atoms with van der Waals surface area (Å²) in [6, 6.07) is -0.484. The summed E-state index contributed by atoms with van der Waals surface area (Å²) >= 11 is 0. The molecular weight excluding hydrogens is 198 g/mol. The van der Waals surface area contributed by atoms with Gasteiger partial charge in [0.15, 0.2) is 0 Å². The average Bonchev–Trinajstić information content (AvgIpc) is 2.13. The molecule has 0 aromatic rings. The summed E-state index contributed by atoms with van der Waals surface area (Å²) in [6.07, 6.45) is 1.11. The fraction of sp³-hybridized carbons (Fsp3) is 0.700. The van der Waals surface area contributed by atoms with Gasteiger partial charge in [-0.25, -0.2) is 0 Å². The predicted molar refractivity (Wildman–Crippen MR) is 54.3 cm³/mol. The Morgan fingerprint density at radius 3 is 2.33 bits per heavy atom. The molecule has 1 amide bonds. The number of hydrogen-bond donors (Lipinski definition) is 2. The Kier molecular flexibility index (Phi) is 6.33. The summed E-state index contributed by atoms with van der Waals surface area (Å²) in [5.74, 6) is -1.15. The Morgan fingerprint density at radius 1 is 1.33 bits per heavy atom. The zero-order valence-corrected chi connectivity index (χ0v) is 9.03. The van der Waals surface area contributed by atoms with Gasteiger partial charge in [-0.05, 0) is 12.3 Å². The van der Waals surface area contributed by atoms with Gasteiger partial charge in [0.2, 0.25) is 5.91 Å². The van der Waals surface area contributed by atoms with E-state index >= 15 is 0 Å². The lowest BCUT2D eigenvalue weighted by Crippen LogP contribution is -2.39. The Hall–Kier alpha value is -1.39. The van der Waals surface area contributed by atoms with Crippen LogP contribution in [0.2, 0.25) is 0 Å². The molecule has 5 nitrogen and oxygen atoms in total. The van der Waals surface area contributed by atoms with E-state index in [2.05, 4.69) is 5.32 Å².